The van der Waals surface area contributed by atoms with E-state index >= 15 is 0 Å². The molecule has 1 aromatic carbocycles. The topological polar surface area (TPSA) is 74.9 Å². The van der Waals surface area contributed by atoms with Crippen LogP contribution in [0.1, 0.15) is 42.3 Å². The molecule has 0 saturated carbocycles. The molecule has 1 atom stereocenters. The van der Waals surface area contributed by atoms with Crippen LogP contribution in [0.2, 0.25) is 0 Å². The van der Waals surface area contributed by atoms with Crippen molar-refractivity contribution in [1.82, 2.24) is 20.5 Å². The van der Waals surface area contributed by atoms with E-state index < -0.39 is 0 Å². The van der Waals surface area contributed by atoms with E-state index in [0.717, 1.165) is 50.2 Å². The Morgan fingerprint density at radius 1 is 1.28 bits per heavy atom. The third kappa shape index (κ3) is 6.58. The number of benzene rings is 1. The zero-order chi connectivity index (χ0) is 20.6. The summed E-state index contributed by atoms with van der Waals surface area (Å²) in [4.78, 5) is 11.6. The number of nitrogens with zero attached hydrogens (tertiary/aromatic N) is 3. The molecule has 0 radical (unpaired) electrons. The van der Waals surface area contributed by atoms with Crippen LogP contribution in [-0.2, 0) is 24.4 Å². The van der Waals surface area contributed by atoms with E-state index in [1.807, 2.05) is 13.8 Å². The second-order valence-electron chi connectivity index (χ2n) is 7.53. The highest BCUT2D eigenvalue weighted by atomic mass is 16.5. The number of ether oxygens (including phenoxy) is 1. The van der Waals surface area contributed by atoms with Gasteiger partial charge in [-0.15, -0.1) is 0 Å². The summed E-state index contributed by atoms with van der Waals surface area (Å²) < 4.78 is 11.3. The molecule has 1 saturated heterocycles. The number of oxazole rings is 1. The van der Waals surface area contributed by atoms with Crippen molar-refractivity contribution in [3.8, 4) is 0 Å². The number of hydrogen-bond donors (Lipinski definition) is 2. The van der Waals surface area contributed by atoms with Gasteiger partial charge in [-0.25, -0.2) is 9.98 Å². The molecule has 2 N–H and O–H groups in total. The zero-order valence-corrected chi connectivity index (χ0v) is 18.0. The Balaban J connectivity index is 1.58. The number of morpholine rings is 1. The van der Waals surface area contributed by atoms with Gasteiger partial charge in [-0.3, -0.25) is 4.90 Å². The number of hydrogen-bond acceptors (Lipinski definition) is 5. The number of aromatic nitrogens is 1. The summed E-state index contributed by atoms with van der Waals surface area (Å²) in [6.45, 7) is 13.7. The number of nitrogens with one attached hydrogen (secondary N) is 2. The first-order valence-electron chi connectivity index (χ1n) is 10.4. The Bertz CT molecular complexity index is 798. The predicted octanol–water partition coefficient (Wildman–Crippen LogP) is 2.77. The molecule has 7 nitrogen and oxygen atoms in total. The van der Waals surface area contributed by atoms with Crippen LogP contribution < -0.4 is 10.6 Å². The molecule has 1 fully saturated rings. The second-order valence-corrected chi connectivity index (χ2v) is 7.53. The number of rotatable bonds is 7. The first-order valence-corrected chi connectivity index (χ1v) is 10.4. The van der Waals surface area contributed by atoms with Gasteiger partial charge in [0, 0.05) is 26.2 Å². The Labute approximate surface area is 173 Å². The van der Waals surface area contributed by atoms with Crippen molar-refractivity contribution in [1.29, 1.82) is 0 Å². The van der Waals surface area contributed by atoms with E-state index in [9.17, 15) is 0 Å². The van der Waals surface area contributed by atoms with E-state index in [1.165, 1.54) is 11.1 Å². The minimum absolute atomic E-state index is 0.307. The van der Waals surface area contributed by atoms with Crippen molar-refractivity contribution in [2.75, 3.05) is 26.2 Å². The summed E-state index contributed by atoms with van der Waals surface area (Å²) >= 11 is 0. The molecular formula is C22H33N5O2. The van der Waals surface area contributed by atoms with E-state index in [0.29, 0.717) is 25.1 Å². The average molecular weight is 400 g/mol. The van der Waals surface area contributed by atoms with Crippen LogP contribution in [0.4, 0.5) is 0 Å². The summed E-state index contributed by atoms with van der Waals surface area (Å²) in [5.74, 6) is 2.29. The molecule has 158 valence electrons. The van der Waals surface area contributed by atoms with E-state index in [1.54, 1.807) is 0 Å². The molecule has 0 bridgehead atoms. The van der Waals surface area contributed by atoms with Crippen molar-refractivity contribution >= 4 is 5.96 Å². The predicted molar refractivity (Wildman–Crippen MR) is 115 cm³/mol. The molecule has 2 aromatic rings. The minimum Gasteiger partial charge on any atom is -0.444 e. The van der Waals surface area contributed by atoms with Gasteiger partial charge in [0.2, 0.25) is 5.89 Å². The number of aryl methyl sites for hydroxylation is 2. The molecule has 3 rings (SSSR count). The molecule has 1 aliphatic heterocycles. The normalized spacial score (nSPS) is 18.1. The summed E-state index contributed by atoms with van der Waals surface area (Å²) in [6, 6.07) is 8.67. The second kappa shape index (κ2) is 10.4. The lowest BCUT2D eigenvalue weighted by Crippen LogP contribution is -2.40. The summed E-state index contributed by atoms with van der Waals surface area (Å²) in [6.07, 6.45) is 0.307. The molecule has 0 spiro atoms. The van der Waals surface area contributed by atoms with Gasteiger partial charge >= 0.3 is 0 Å². The zero-order valence-electron chi connectivity index (χ0n) is 18.0. The molecule has 0 aliphatic carbocycles. The van der Waals surface area contributed by atoms with Crippen molar-refractivity contribution in [2.24, 2.45) is 4.99 Å². The molecule has 29 heavy (non-hydrogen) atoms. The van der Waals surface area contributed by atoms with Crippen molar-refractivity contribution in [3.63, 3.8) is 0 Å². The van der Waals surface area contributed by atoms with Gasteiger partial charge in [-0.1, -0.05) is 24.3 Å². The largest absolute Gasteiger partial charge is 0.444 e. The van der Waals surface area contributed by atoms with Gasteiger partial charge in [0.05, 0.1) is 31.5 Å². The highest BCUT2D eigenvalue weighted by Crippen LogP contribution is 2.13. The van der Waals surface area contributed by atoms with Gasteiger partial charge in [-0.05, 0) is 38.8 Å². The Morgan fingerprint density at radius 3 is 2.83 bits per heavy atom. The average Bonchev–Trinajstić information content (AvgIpc) is 3.02. The van der Waals surface area contributed by atoms with E-state index in [-0.39, 0.29) is 0 Å². The van der Waals surface area contributed by atoms with Gasteiger partial charge in [-0.2, -0.15) is 0 Å². The fourth-order valence-electron chi connectivity index (χ4n) is 3.40. The maximum atomic E-state index is 5.64. The van der Waals surface area contributed by atoms with Crippen molar-refractivity contribution in [3.05, 3.63) is 52.7 Å². The van der Waals surface area contributed by atoms with Gasteiger partial charge < -0.3 is 19.8 Å². The fraction of sp³-hybridized carbons (Fsp3) is 0.545. The Morgan fingerprint density at radius 2 is 2.10 bits per heavy atom. The van der Waals surface area contributed by atoms with Gasteiger partial charge in [0.15, 0.2) is 5.96 Å². The maximum Gasteiger partial charge on any atom is 0.214 e. The molecule has 0 amide bonds. The van der Waals surface area contributed by atoms with E-state index in [4.69, 9.17) is 14.1 Å². The van der Waals surface area contributed by atoms with Crippen LogP contribution in [0.3, 0.4) is 0 Å². The monoisotopic (exact) mass is 399 g/mol. The van der Waals surface area contributed by atoms with Crippen LogP contribution in [0.15, 0.2) is 33.7 Å². The van der Waals surface area contributed by atoms with Crippen molar-refractivity contribution < 1.29 is 9.15 Å². The maximum absolute atomic E-state index is 5.64. The standard InChI is InChI=1S/C22H33N5O2/c1-5-23-22(25-13-21-26-17(3)18(4)29-21)24-12-19-7-6-8-20(11-19)15-27-9-10-28-16(2)14-27/h6-8,11,16H,5,9-10,12-15H2,1-4H3,(H2,23,24,25). The molecule has 1 unspecified atom stereocenters. The highest BCUT2D eigenvalue weighted by Gasteiger charge is 2.16. The van der Waals surface area contributed by atoms with Gasteiger partial charge in [0.1, 0.15) is 5.76 Å². The van der Waals surface area contributed by atoms with Crippen LogP contribution in [0.5, 0.6) is 0 Å². The smallest absolute Gasteiger partial charge is 0.214 e. The first-order chi connectivity index (χ1) is 14.0. The number of guanidine groups is 1. The van der Waals surface area contributed by atoms with Crippen LogP contribution in [-0.4, -0.2) is 48.2 Å². The third-order valence-electron chi connectivity index (χ3n) is 4.97. The van der Waals surface area contributed by atoms with Crippen LogP contribution in [0.25, 0.3) is 0 Å². The molecule has 7 heteroatoms. The quantitative estimate of drug-likeness (QED) is 0.551. The summed E-state index contributed by atoms with van der Waals surface area (Å²) in [5, 5.41) is 6.57. The lowest BCUT2D eigenvalue weighted by molar-refractivity contribution is -0.0212. The molecule has 2 heterocycles. The third-order valence-corrected chi connectivity index (χ3v) is 4.97. The lowest BCUT2D eigenvalue weighted by Gasteiger charge is -2.31. The van der Waals surface area contributed by atoms with Crippen LogP contribution in [0, 0.1) is 13.8 Å². The Kier molecular flexibility index (Phi) is 7.66. The molecule has 1 aliphatic rings. The SMILES string of the molecule is CCNC(=NCc1cccc(CN2CCOC(C)C2)c1)NCc1nc(C)c(C)o1. The molecular weight excluding hydrogens is 366 g/mol. The first kappa shape index (κ1) is 21.3. The fourth-order valence-corrected chi connectivity index (χ4v) is 3.40. The Hall–Kier alpha value is -2.38. The summed E-state index contributed by atoms with van der Waals surface area (Å²) in [5.41, 5.74) is 3.44. The van der Waals surface area contributed by atoms with E-state index in [2.05, 4.69) is 58.6 Å². The number of aliphatic imine (C=N–C) groups is 1. The summed E-state index contributed by atoms with van der Waals surface area (Å²) in [7, 11) is 0. The van der Waals surface area contributed by atoms with Gasteiger partial charge in [0.25, 0.3) is 0 Å². The minimum atomic E-state index is 0.307. The van der Waals surface area contributed by atoms with Crippen molar-refractivity contribution in [2.45, 2.75) is 53.4 Å². The van der Waals surface area contributed by atoms with Crippen LogP contribution >= 0.6 is 0 Å². The lowest BCUT2D eigenvalue weighted by atomic mass is 10.1. The molecule has 1 aromatic heterocycles. The highest BCUT2D eigenvalue weighted by molar-refractivity contribution is 5.79.